The first kappa shape index (κ1) is 25.6. The van der Waals surface area contributed by atoms with Gasteiger partial charge in [0.1, 0.15) is 18.1 Å². The summed E-state index contributed by atoms with van der Waals surface area (Å²) >= 11 is 0. The van der Waals surface area contributed by atoms with Crippen LogP contribution in [-0.2, 0) is 30.4 Å². The molecule has 1 aromatic carbocycles. The van der Waals surface area contributed by atoms with E-state index in [9.17, 15) is 24.0 Å². The van der Waals surface area contributed by atoms with Gasteiger partial charge in [-0.1, -0.05) is 30.3 Å². The summed E-state index contributed by atoms with van der Waals surface area (Å²) in [4.78, 5) is 58.7. The zero-order chi connectivity index (χ0) is 23.6. The minimum atomic E-state index is -1.29. The summed E-state index contributed by atoms with van der Waals surface area (Å²) in [5.41, 5.74) is 6.73. The lowest BCUT2D eigenvalue weighted by Crippen LogP contribution is -2.56. The molecule has 4 atom stereocenters. The fourth-order valence-corrected chi connectivity index (χ4v) is 2.56. The van der Waals surface area contributed by atoms with Crippen molar-refractivity contribution in [2.24, 2.45) is 5.73 Å². The van der Waals surface area contributed by atoms with Gasteiger partial charge in [0.05, 0.1) is 6.04 Å². The van der Waals surface area contributed by atoms with Crippen LogP contribution in [0, 0.1) is 0 Å². The molecule has 31 heavy (non-hydrogen) atoms. The van der Waals surface area contributed by atoms with Gasteiger partial charge in [-0.25, -0.2) is 0 Å². The number of hydrogen-bond donors (Lipinski definition) is 6. The Bertz CT molecular complexity index is 800. The number of aliphatic carboxylic acids is 2. The molecular formula is C20H28N4O7. The molecule has 11 nitrogen and oxygen atoms in total. The number of carboxylic acid groups (broad SMARTS) is 2. The quantitative estimate of drug-likeness (QED) is 0.240. The van der Waals surface area contributed by atoms with Gasteiger partial charge in [0, 0.05) is 6.42 Å². The maximum Gasteiger partial charge on any atom is 0.325 e. The first-order valence-corrected chi connectivity index (χ1v) is 9.66. The molecule has 11 heteroatoms. The smallest absolute Gasteiger partial charge is 0.325 e. The highest BCUT2D eigenvalue weighted by Crippen LogP contribution is 2.03. The van der Waals surface area contributed by atoms with Crippen molar-refractivity contribution >= 4 is 29.7 Å². The lowest BCUT2D eigenvalue weighted by Gasteiger charge is -2.22. The van der Waals surface area contributed by atoms with Crippen LogP contribution in [0.1, 0.15) is 32.3 Å². The average molecular weight is 436 g/mol. The predicted molar refractivity (Wildman–Crippen MR) is 110 cm³/mol. The number of rotatable bonds is 12. The molecule has 0 radical (unpaired) electrons. The Morgan fingerprint density at radius 1 is 0.871 bits per heavy atom. The third kappa shape index (κ3) is 9.26. The second-order valence-electron chi connectivity index (χ2n) is 7.09. The largest absolute Gasteiger partial charge is 0.481 e. The van der Waals surface area contributed by atoms with Crippen LogP contribution in [0.25, 0.3) is 0 Å². The Balaban J connectivity index is 2.70. The first-order chi connectivity index (χ1) is 14.5. The number of amides is 3. The molecule has 170 valence electrons. The zero-order valence-corrected chi connectivity index (χ0v) is 17.3. The highest BCUT2D eigenvalue weighted by Gasteiger charge is 2.27. The van der Waals surface area contributed by atoms with Crippen molar-refractivity contribution < 1.29 is 34.2 Å². The van der Waals surface area contributed by atoms with Crippen molar-refractivity contribution in [1.29, 1.82) is 0 Å². The van der Waals surface area contributed by atoms with Crippen LogP contribution in [0.4, 0.5) is 0 Å². The second-order valence-corrected chi connectivity index (χ2v) is 7.09. The van der Waals surface area contributed by atoms with Crippen molar-refractivity contribution in [3.8, 4) is 0 Å². The van der Waals surface area contributed by atoms with E-state index in [1.165, 1.54) is 13.8 Å². The van der Waals surface area contributed by atoms with Crippen LogP contribution in [-0.4, -0.2) is 64.0 Å². The fraction of sp³-hybridized carbons (Fsp3) is 0.450. The van der Waals surface area contributed by atoms with Crippen LogP contribution >= 0.6 is 0 Å². The van der Waals surface area contributed by atoms with Crippen molar-refractivity contribution in [1.82, 2.24) is 16.0 Å². The zero-order valence-electron chi connectivity index (χ0n) is 17.3. The van der Waals surface area contributed by atoms with Gasteiger partial charge in [-0.3, -0.25) is 24.0 Å². The molecule has 1 aromatic rings. The highest BCUT2D eigenvalue weighted by molar-refractivity contribution is 5.94. The van der Waals surface area contributed by atoms with E-state index in [2.05, 4.69) is 16.0 Å². The normalized spacial score (nSPS) is 14.4. The minimum absolute atomic E-state index is 0.257. The maximum atomic E-state index is 12.4. The van der Waals surface area contributed by atoms with Crippen molar-refractivity contribution in [2.75, 3.05) is 0 Å². The van der Waals surface area contributed by atoms with Gasteiger partial charge >= 0.3 is 11.9 Å². The molecule has 3 amide bonds. The number of benzene rings is 1. The summed E-state index contributed by atoms with van der Waals surface area (Å²) in [7, 11) is 0. The fourth-order valence-electron chi connectivity index (χ4n) is 2.56. The SMILES string of the molecule is CC(NC(=O)C(CCC(=O)O)NC(=O)C(C)NC(=O)C(N)Cc1ccccc1)C(=O)O. The molecular weight excluding hydrogens is 408 g/mol. The Morgan fingerprint density at radius 3 is 2.00 bits per heavy atom. The molecule has 0 aromatic heterocycles. The summed E-state index contributed by atoms with van der Waals surface area (Å²) in [6, 6.07) is 4.59. The molecule has 0 saturated carbocycles. The number of nitrogens with two attached hydrogens (primary N) is 1. The van der Waals surface area contributed by atoms with E-state index in [-0.39, 0.29) is 12.8 Å². The number of carbonyl (C=O) groups is 5. The first-order valence-electron chi connectivity index (χ1n) is 9.66. The number of carbonyl (C=O) groups excluding carboxylic acids is 3. The minimum Gasteiger partial charge on any atom is -0.481 e. The molecule has 1 rings (SSSR count). The van der Waals surface area contributed by atoms with Gasteiger partial charge in [-0.15, -0.1) is 0 Å². The van der Waals surface area contributed by atoms with Crippen LogP contribution in [0.5, 0.6) is 0 Å². The van der Waals surface area contributed by atoms with Crippen LogP contribution < -0.4 is 21.7 Å². The Labute approximate surface area is 179 Å². The number of carboxylic acids is 2. The summed E-state index contributed by atoms with van der Waals surface area (Å²) in [6.07, 6.45) is -0.423. The standard InChI is InChI=1S/C20H28N4O7/c1-11(22-18(28)14(21)10-13-6-4-3-5-7-13)17(27)24-15(8-9-16(25)26)19(29)23-12(2)20(30)31/h3-7,11-12,14-15H,8-10,21H2,1-2H3,(H,22,28)(H,23,29)(H,24,27)(H,25,26)(H,30,31). The molecule has 0 spiro atoms. The van der Waals surface area contributed by atoms with E-state index >= 15 is 0 Å². The third-order valence-electron chi connectivity index (χ3n) is 4.40. The molecule has 0 aliphatic rings. The molecule has 0 fully saturated rings. The van der Waals surface area contributed by atoms with Gasteiger partial charge in [0.25, 0.3) is 0 Å². The van der Waals surface area contributed by atoms with E-state index in [1.807, 2.05) is 30.3 Å². The van der Waals surface area contributed by atoms with E-state index in [1.54, 1.807) is 0 Å². The van der Waals surface area contributed by atoms with Crippen molar-refractivity contribution in [3.05, 3.63) is 35.9 Å². The Kier molecular flexibility index (Phi) is 10.1. The topological polar surface area (TPSA) is 188 Å². The number of nitrogens with one attached hydrogen (secondary N) is 3. The van der Waals surface area contributed by atoms with Crippen LogP contribution in [0.3, 0.4) is 0 Å². The Morgan fingerprint density at radius 2 is 1.45 bits per heavy atom. The predicted octanol–water partition coefficient (Wildman–Crippen LogP) is -1.000. The van der Waals surface area contributed by atoms with E-state index in [0.29, 0.717) is 0 Å². The van der Waals surface area contributed by atoms with Crippen molar-refractivity contribution in [3.63, 3.8) is 0 Å². The highest BCUT2D eigenvalue weighted by atomic mass is 16.4. The van der Waals surface area contributed by atoms with Crippen LogP contribution in [0.2, 0.25) is 0 Å². The summed E-state index contributed by atoms with van der Waals surface area (Å²) in [5, 5.41) is 24.7. The molecule has 0 aliphatic heterocycles. The monoisotopic (exact) mass is 436 g/mol. The Hall–Kier alpha value is -3.47. The van der Waals surface area contributed by atoms with Gasteiger partial charge in [-0.2, -0.15) is 0 Å². The molecule has 7 N–H and O–H groups in total. The second kappa shape index (κ2) is 12.3. The average Bonchev–Trinajstić information content (AvgIpc) is 2.70. The van der Waals surface area contributed by atoms with Gasteiger partial charge < -0.3 is 31.9 Å². The molecule has 0 heterocycles. The van der Waals surface area contributed by atoms with Gasteiger partial charge in [0.15, 0.2) is 0 Å². The maximum absolute atomic E-state index is 12.4. The molecule has 0 saturated heterocycles. The summed E-state index contributed by atoms with van der Waals surface area (Å²) in [6.45, 7) is 2.61. The van der Waals surface area contributed by atoms with E-state index < -0.39 is 60.2 Å². The van der Waals surface area contributed by atoms with Crippen LogP contribution in [0.15, 0.2) is 30.3 Å². The van der Waals surface area contributed by atoms with E-state index in [0.717, 1.165) is 5.56 Å². The summed E-state index contributed by atoms with van der Waals surface area (Å²) < 4.78 is 0. The van der Waals surface area contributed by atoms with Gasteiger partial charge in [-0.05, 0) is 32.3 Å². The lowest BCUT2D eigenvalue weighted by atomic mass is 10.1. The summed E-state index contributed by atoms with van der Waals surface area (Å²) in [5.74, 6) is -4.63. The molecule has 0 aliphatic carbocycles. The van der Waals surface area contributed by atoms with E-state index in [4.69, 9.17) is 15.9 Å². The van der Waals surface area contributed by atoms with Crippen molar-refractivity contribution in [2.45, 2.75) is 57.3 Å². The third-order valence-corrected chi connectivity index (χ3v) is 4.40. The molecule has 0 bridgehead atoms. The lowest BCUT2D eigenvalue weighted by molar-refractivity contribution is -0.142. The number of hydrogen-bond acceptors (Lipinski definition) is 6. The molecule has 4 unspecified atom stereocenters. The van der Waals surface area contributed by atoms with Gasteiger partial charge in [0.2, 0.25) is 17.7 Å².